The molecular formula is C12H13BrN2O2. The average Bonchev–Trinajstić information content (AvgIpc) is 2.28. The van der Waals surface area contributed by atoms with Crippen LogP contribution in [0.4, 0.5) is 0 Å². The standard InChI is InChI=1S/C12H13BrN2O2/c1-9(17)15-5-4-11-3-2-10(6-12(11)13)7-14-8-16/h2-3,6H,4-5,7H2,1H3,(H,15,17). The second-order valence-corrected chi connectivity index (χ2v) is 4.42. The molecule has 1 rings (SSSR count). The number of carbonyl (C=O) groups excluding carboxylic acids is 2. The first-order valence-electron chi connectivity index (χ1n) is 5.19. The maximum atomic E-state index is 10.7. The van der Waals surface area contributed by atoms with Gasteiger partial charge in [-0.25, -0.2) is 9.79 Å². The average molecular weight is 297 g/mol. The summed E-state index contributed by atoms with van der Waals surface area (Å²) in [7, 11) is 0. The second kappa shape index (κ2) is 6.99. The Bertz CT molecular complexity index is 454. The molecular weight excluding hydrogens is 284 g/mol. The number of benzene rings is 1. The van der Waals surface area contributed by atoms with Gasteiger partial charge in [-0.2, -0.15) is 0 Å². The zero-order chi connectivity index (χ0) is 12.7. The van der Waals surface area contributed by atoms with Crippen molar-refractivity contribution < 1.29 is 9.59 Å². The molecule has 0 unspecified atom stereocenters. The van der Waals surface area contributed by atoms with E-state index < -0.39 is 0 Å². The van der Waals surface area contributed by atoms with Crippen molar-refractivity contribution in [3.05, 3.63) is 33.8 Å². The third kappa shape index (κ3) is 4.93. The van der Waals surface area contributed by atoms with Crippen LogP contribution in [0.15, 0.2) is 27.7 Å². The maximum absolute atomic E-state index is 10.7. The van der Waals surface area contributed by atoms with Gasteiger partial charge in [-0.1, -0.05) is 28.1 Å². The summed E-state index contributed by atoms with van der Waals surface area (Å²) in [5.74, 6) is -0.0296. The molecule has 0 aromatic heterocycles. The van der Waals surface area contributed by atoms with Gasteiger partial charge in [0.2, 0.25) is 12.0 Å². The van der Waals surface area contributed by atoms with E-state index in [4.69, 9.17) is 0 Å². The highest BCUT2D eigenvalue weighted by Gasteiger charge is 2.02. The van der Waals surface area contributed by atoms with Gasteiger partial charge in [-0.05, 0) is 23.6 Å². The van der Waals surface area contributed by atoms with Crippen molar-refractivity contribution in [1.29, 1.82) is 0 Å². The van der Waals surface area contributed by atoms with E-state index in [-0.39, 0.29) is 5.91 Å². The molecule has 0 radical (unpaired) electrons. The first-order valence-corrected chi connectivity index (χ1v) is 5.98. The number of nitrogens with one attached hydrogen (secondary N) is 1. The largest absolute Gasteiger partial charge is 0.356 e. The Kier molecular flexibility index (Phi) is 5.60. The molecule has 0 atom stereocenters. The second-order valence-electron chi connectivity index (χ2n) is 3.57. The van der Waals surface area contributed by atoms with Crippen LogP contribution in [0.1, 0.15) is 18.1 Å². The molecule has 0 heterocycles. The summed E-state index contributed by atoms with van der Waals surface area (Å²) >= 11 is 3.45. The van der Waals surface area contributed by atoms with Gasteiger partial charge < -0.3 is 5.32 Å². The van der Waals surface area contributed by atoms with E-state index in [1.165, 1.54) is 13.0 Å². The molecule has 0 aliphatic rings. The Labute approximate surface area is 108 Å². The van der Waals surface area contributed by atoms with Crippen molar-refractivity contribution in [2.45, 2.75) is 19.9 Å². The molecule has 0 aliphatic heterocycles. The Morgan fingerprint density at radius 3 is 2.88 bits per heavy atom. The van der Waals surface area contributed by atoms with E-state index in [9.17, 15) is 9.59 Å². The Balaban J connectivity index is 2.62. The Morgan fingerprint density at radius 2 is 2.29 bits per heavy atom. The van der Waals surface area contributed by atoms with Crippen molar-refractivity contribution in [2.75, 3.05) is 6.54 Å². The number of amides is 1. The molecule has 0 bridgehead atoms. The van der Waals surface area contributed by atoms with Crippen molar-refractivity contribution in [1.82, 2.24) is 5.32 Å². The summed E-state index contributed by atoms with van der Waals surface area (Å²) in [6.45, 7) is 2.45. The monoisotopic (exact) mass is 296 g/mol. The first kappa shape index (κ1) is 13.6. The summed E-state index contributed by atoms with van der Waals surface area (Å²) in [5.41, 5.74) is 2.06. The molecule has 1 amide bonds. The molecule has 90 valence electrons. The highest BCUT2D eigenvalue weighted by atomic mass is 79.9. The fraction of sp³-hybridized carbons (Fsp3) is 0.333. The molecule has 0 fully saturated rings. The van der Waals surface area contributed by atoms with Crippen LogP contribution in [0, 0.1) is 0 Å². The van der Waals surface area contributed by atoms with Crippen LogP contribution in [-0.4, -0.2) is 18.5 Å². The summed E-state index contributed by atoms with van der Waals surface area (Å²) in [6.07, 6.45) is 2.27. The lowest BCUT2D eigenvalue weighted by molar-refractivity contribution is -0.118. The highest BCUT2D eigenvalue weighted by Crippen LogP contribution is 2.19. The lowest BCUT2D eigenvalue weighted by Crippen LogP contribution is -2.22. The van der Waals surface area contributed by atoms with Crippen molar-refractivity contribution in [3.8, 4) is 0 Å². The van der Waals surface area contributed by atoms with Crippen LogP contribution in [-0.2, 0) is 22.6 Å². The number of halogens is 1. The minimum atomic E-state index is -0.0296. The summed E-state index contributed by atoms with van der Waals surface area (Å²) in [4.78, 5) is 24.2. The molecule has 0 aliphatic carbocycles. The molecule has 0 saturated heterocycles. The Morgan fingerprint density at radius 1 is 1.53 bits per heavy atom. The first-order chi connectivity index (χ1) is 8.13. The lowest BCUT2D eigenvalue weighted by Gasteiger charge is -2.06. The topological polar surface area (TPSA) is 58.5 Å². The number of carbonyl (C=O) groups is 1. The van der Waals surface area contributed by atoms with Gasteiger partial charge in [0.25, 0.3) is 0 Å². The Hall–Kier alpha value is -1.45. The molecule has 5 heteroatoms. The van der Waals surface area contributed by atoms with Crippen LogP contribution in [0.2, 0.25) is 0 Å². The van der Waals surface area contributed by atoms with E-state index in [0.717, 1.165) is 22.0 Å². The molecule has 0 spiro atoms. The molecule has 1 aromatic carbocycles. The van der Waals surface area contributed by atoms with Gasteiger partial charge >= 0.3 is 0 Å². The molecule has 1 N–H and O–H groups in total. The van der Waals surface area contributed by atoms with E-state index in [1.807, 2.05) is 18.2 Å². The van der Waals surface area contributed by atoms with E-state index >= 15 is 0 Å². The molecule has 17 heavy (non-hydrogen) atoms. The number of rotatable bonds is 5. The minimum Gasteiger partial charge on any atom is -0.356 e. The smallest absolute Gasteiger partial charge is 0.235 e. The SMILES string of the molecule is CC(=O)NCCc1ccc(CN=C=O)cc1Br. The zero-order valence-electron chi connectivity index (χ0n) is 9.50. The lowest BCUT2D eigenvalue weighted by atomic mass is 10.1. The highest BCUT2D eigenvalue weighted by molar-refractivity contribution is 9.10. The predicted octanol–water partition coefficient (Wildman–Crippen LogP) is 1.96. The van der Waals surface area contributed by atoms with Gasteiger partial charge in [0.1, 0.15) is 0 Å². The maximum Gasteiger partial charge on any atom is 0.235 e. The van der Waals surface area contributed by atoms with Crippen LogP contribution in [0.25, 0.3) is 0 Å². The third-order valence-corrected chi connectivity index (χ3v) is 2.95. The summed E-state index contributed by atoms with van der Waals surface area (Å²) in [6, 6.07) is 5.79. The summed E-state index contributed by atoms with van der Waals surface area (Å²) < 4.78 is 0.960. The van der Waals surface area contributed by atoms with Crippen LogP contribution in [0.5, 0.6) is 0 Å². The van der Waals surface area contributed by atoms with Crippen LogP contribution >= 0.6 is 15.9 Å². The van der Waals surface area contributed by atoms with Gasteiger partial charge in [-0.15, -0.1) is 0 Å². The van der Waals surface area contributed by atoms with Crippen LogP contribution in [0.3, 0.4) is 0 Å². The molecule has 4 nitrogen and oxygen atoms in total. The minimum absolute atomic E-state index is 0.0296. The predicted molar refractivity (Wildman–Crippen MR) is 68.4 cm³/mol. The fourth-order valence-electron chi connectivity index (χ4n) is 1.39. The van der Waals surface area contributed by atoms with Crippen molar-refractivity contribution >= 4 is 27.9 Å². The molecule has 0 saturated carbocycles. The number of hydrogen-bond donors (Lipinski definition) is 1. The number of nitrogens with zero attached hydrogens (tertiary/aromatic N) is 1. The number of aliphatic imine (C=N–C) groups is 1. The van der Waals surface area contributed by atoms with Gasteiger partial charge in [0, 0.05) is 17.9 Å². The van der Waals surface area contributed by atoms with E-state index in [1.54, 1.807) is 0 Å². The van der Waals surface area contributed by atoms with Gasteiger partial charge in [-0.3, -0.25) is 4.79 Å². The summed E-state index contributed by atoms with van der Waals surface area (Å²) in [5, 5.41) is 2.74. The van der Waals surface area contributed by atoms with Crippen molar-refractivity contribution in [3.63, 3.8) is 0 Å². The van der Waals surface area contributed by atoms with Gasteiger partial charge in [0.15, 0.2) is 0 Å². The normalized spacial score (nSPS) is 9.53. The number of isocyanates is 1. The van der Waals surface area contributed by atoms with Crippen LogP contribution < -0.4 is 5.32 Å². The van der Waals surface area contributed by atoms with E-state index in [0.29, 0.717) is 13.1 Å². The third-order valence-electron chi connectivity index (χ3n) is 2.21. The van der Waals surface area contributed by atoms with Crippen molar-refractivity contribution in [2.24, 2.45) is 4.99 Å². The fourth-order valence-corrected chi connectivity index (χ4v) is 2.01. The quantitative estimate of drug-likeness (QED) is 0.667. The van der Waals surface area contributed by atoms with Gasteiger partial charge in [0.05, 0.1) is 6.54 Å². The number of hydrogen-bond acceptors (Lipinski definition) is 3. The zero-order valence-corrected chi connectivity index (χ0v) is 11.1. The molecule has 1 aromatic rings. The van der Waals surface area contributed by atoms with E-state index in [2.05, 4.69) is 26.2 Å².